The fourth-order valence-corrected chi connectivity index (χ4v) is 4.87. The molecule has 0 aliphatic carbocycles. The Balaban J connectivity index is 1.43. The minimum Gasteiger partial charge on any atom is -0.478 e. The number of alkyl halides is 1. The molecular weight excluding hydrogens is 453 g/mol. The van der Waals surface area contributed by atoms with E-state index in [1.807, 2.05) is 0 Å². The number of nitrogens with two attached hydrogens (primary N) is 1. The van der Waals surface area contributed by atoms with Crippen molar-refractivity contribution < 1.29 is 32.5 Å². The highest BCUT2D eigenvalue weighted by molar-refractivity contribution is 5.92. The minimum absolute atomic E-state index is 0.0260. The molecule has 1 aromatic carbocycles. The van der Waals surface area contributed by atoms with Crippen LogP contribution in [0, 0.1) is 11.6 Å². The van der Waals surface area contributed by atoms with Gasteiger partial charge in [-0.3, -0.25) is 0 Å². The number of aliphatic imine (C=N–C) groups is 1. The van der Waals surface area contributed by atoms with Crippen molar-refractivity contribution in [2.24, 2.45) is 10.7 Å². The maximum Gasteiger partial charge on any atom is 0.333 e. The van der Waals surface area contributed by atoms with Crippen molar-refractivity contribution in [2.45, 2.75) is 43.5 Å². The number of carboxylic acids is 1. The molecule has 1 spiro atoms. The minimum atomic E-state index is -1.55. The first-order valence-electron chi connectivity index (χ1n) is 11.1. The monoisotopic (exact) mass is 478 g/mol. The van der Waals surface area contributed by atoms with Crippen LogP contribution in [0.15, 0.2) is 46.6 Å². The van der Waals surface area contributed by atoms with Crippen molar-refractivity contribution in [3.63, 3.8) is 0 Å². The van der Waals surface area contributed by atoms with Gasteiger partial charge in [0.2, 0.25) is 0 Å². The SMILES string of the molecule is NCC1COC2(CCN(C3=NC4C(=CC3F)CC(C(=O)O)=CN4c3ccc(F)cc3F)CC2)O1. The van der Waals surface area contributed by atoms with Crippen LogP contribution in [0.2, 0.25) is 0 Å². The molecule has 4 aliphatic heterocycles. The molecule has 3 atom stereocenters. The first-order chi connectivity index (χ1) is 16.3. The number of nitrogens with zero attached hydrogens (tertiary/aromatic N) is 3. The van der Waals surface area contributed by atoms with Gasteiger partial charge >= 0.3 is 5.97 Å². The van der Waals surface area contributed by atoms with Crippen molar-refractivity contribution in [1.82, 2.24) is 4.90 Å². The summed E-state index contributed by atoms with van der Waals surface area (Å²) in [6.07, 6.45) is 1.06. The van der Waals surface area contributed by atoms with Gasteiger partial charge in [0.05, 0.1) is 24.0 Å². The Labute approximate surface area is 194 Å². The first-order valence-corrected chi connectivity index (χ1v) is 11.1. The molecule has 0 aromatic heterocycles. The lowest BCUT2D eigenvalue weighted by molar-refractivity contribution is -0.189. The molecule has 4 aliphatic rings. The number of halogens is 3. The van der Waals surface area contributed by atoms with Gasteiger partial charge in [-0.05, 0) is 23.8 Å². The van der Waals surface area contributed by atoms with E-state index >= 15 is 4.39 Å². The average Bonchev–Trinajstić information content (AvgIpc) is 3.21. The van der Waals surface area contributed by atoms with Crippen LogP contribution in [0.1, 0.15) is 19.3 Å². The fourth-order valence-electron chi connectivity index (χ4n) is 4.87. The van der Waals surface area contributed by atoms with Gasteiger partial charge in [-0.15, -0.1) is 0 Å². The number of hydrogen-bond acceptors (Lipinski definition) is 7. The summed E-state index contributed by atoms with van der Waals surface area (Å²) in [6.45, 7) is 1.66. The maximum atomic E-state index is 15.2. The Morgan fingerprint density at radius 3 is 2.71 bits per heavy atom. The first kappa shape index (κ1) is 22.9. The van der Waals surface area contributed by atoms with Gasteiger partial charge in [-0.2, -0.15) is 0 Å². The highest BCUT2D eigenvalue weighted by Crippen LogP contribution is 2.38. The van der Waals surface area contributed by atoms with E-state index in [-0.39, 0.29) is 29.6 Å². The average molecular weight is 478 g/mol. The van der Waals surface area contributed by atoms with Gasteiger partial charge in [-0.1, -0.05) is 0 Å². The quantitative estimate of drug-likeness (QED) is 0.643. The smallest absolute Gasteiger partial charge is 0.333 e. The summed E-state index contributed by atoms with van der Waals surface area (Å²) in [4.78, 5) is 19.4. The molecule has 3 N–H and O–H groups in total. The van der Waals surface area contributed by atoms with Gasteiger partial charge < -0.3 is 30.1 Å². The number of carbonyl (C=O) groups is 1. The molecule has 8 nitrogen and oxygen atoms in total. The van der Waals surface area contributed by atoms with E-state index in [4.69, 9.17) is 15.2 Å². The van der Waals surface area contributed by atoms with Crippen LogP contribution < -0.4 is 10.6 Å². The summed E-state index contributed by atoms with van der Waals surface area (Å²) in [6, 6.07) is 3.01. The number of hydrogen-bond donors (Lipinski definition) is 2. The highest BCUT2D eigenvalue weighted by atomic mass is 19.1. The lowest BCUT2D eigenvalue weighted by Crippen LogP contribution is -2.52. The number of ether oxygens (including phenoxy) is 2. The number of piperidine rings is 1. The summed E-state index contributed by atoms with van der Waals surface area (Å²) in [5.74, 6) is -3.38. The van der Waals surface area contributed by atoms with Crippen LogP contribution in [0.3, 0.4) is 0 Å². The molecule has 3 unspecified atom stereocenters. The van der Waals surface area contributed by atoms with Crippen LogP contribution in [0.4, 0.5) is 18.9 Å². The van der Waals surface area contributed by atoms with E-state index < -0.39 is 35.7 Å². The number of fused-ring (bicyclic) bond motifs is 1. The fraction of sp³-hybridized carbons (Fsp3) is 0.478. The molecule has 5 rings (SSSR count). The normalized spacial score (nSPS) is 28.4. The topological polar surface area (TPSA) is 101 Å². The number of anilines is 1. The molecule has 0 bridgehead atoms. The second kappa shape index (κ2) is 8.71. The van der Waals surface area contributed by atoms with Crippen LogP contribution in [0.25, 0.3) is 0 Å². The van der Waals surface area contributed by atoms with E-state index in [2.05, 4.69) is 4.99 Å². The van der Waals surface area contributed by atoms with Crippen LogP contribution >= 0.6 is 0 Å². The third-order valence-electron chi connectivity index (χ3n) is 6.63. The number of benzene rings is 1. The zero-order chi connectivity index (χ0) is 24.0. The summed E-state index contributed by atoms with van der Waals surface area (Å²) in [5.41, 5.74) is 5.99. The number of amidine groups is 1. The van der Waals surface area contributed by atoms with Crippen molar-refractivity contribution in [3.05, 3.63) is 53.3 Å². The van der Waals surface area contributed by atoms with Crippen LogP contribution in [0.5, 0.6) is 0 Å². The van der Waals surface area contributed by atoms with Gasteiger partial charge in [0.25, 0.3) is 0 Å². The molecule has 34 heavy (non-hydrogen) atoms. The summed E-state index contributed by atoms with van der Waals surface area (Å²) < 4.78 is 55.2. The standard InChI is InChI=1S/C23H25F3N4O4/c24-15-1-2-19(17(25)9-15)30-11-14(22(31)32)7-13-8-18(26)21(28-20(13)30)29-5-3-23(4-6-29)33-12-16(10-27)34-23/h1-2,8-9,11,16,18,20H,3-7,10,12,27H2,(H,31,32). The summed E-state index contributed by atoms with van der Waals surface area (Å²) in [5, 5.41) is 9.52. The molecule has 2 fully saturated rings. The largest absolute Gasteiger partial charge is 0.478 e. The lowest BCUT2D eigenvalue weighted by Gasteiger charge is -2.42. The molecular formula is C23H25F3N4O4. The Bertz CT molecular complexity index is 1080. The zero-order valence-corrected chi connectivity index (χ0v) is 18.3. The highest BCUT2D eigenvalue weighted by Gasteiger charge is 2.45. The third-order valence-corrected chi connectivity index (χ3v) is 6.63. The molecule has 4 heterocycles. The number of rotatable bonds is 3. The third kappa shape index (κ3) is 4.08. The number of likely N-dealkylation sites (tertiary alicyclic amines) is 1. The van der Waals surface area contributed by atoms with Crippen LogP contribution in [-0.4, -0.2) is 72.3 Å². The van der Waals surface area contributed by atoms with Crippen molar-refractivity contribution in [1.29, 1.82) is 0 Å². The van der Waals surface area contributed by atoms with E-state index in [9.17, 15) is 18.7 Å². The molecule has 0 amide bonds. The van der Waals surface area contributed by atoms with Crippen LogP contribution in [-0.2, 0) is 14.3 Å². The predicted octanol–water partition coefficient (Wildman–Crippen LogP) is 2.31. The van der Waals surface area contributed by atoms with Crippen molar-refractivity contribution >= 4 is 17.5 Å². The molecule has 1 aromatic rings. The number of aliphatic carboxylic acids is 1. The Morgan fingerprint density at radius 2 is 2.06 bits per heavy atom. The Morgan fingerprint density at radius 1 is 1.29 bits per heavy atom. The lowest BCUT2D eigenvalue weighted by atomic mass is 9.94. The predicted molar refractivity (Wildman–Crippen MR) is 117 cm³/mol. The number of carboxylic acid groups (broad SMARTS) is 1. The van der Waals surface area contributed by atoms with Gasteiger partial charge in [0, 0.05) is 51.2 Å². The Hall–Kier alpha value is -2.89. The zero-order valence-electron chi connectivity index (χ0n) is 18.3. The second-order valence-corrected chi connectivity index (χ2v) is 8.83. The van der Waals surface area contributed by atoms with E-state index in [1.54, 1.807) is 4.90 Å². The van der Waals surface area contributed by atoms with Crippen molar-refractivity contribution in [3.8, 4) is 0 Å². The Kier molecular flexibility index (Phi) is 5.86. The number of dihydropyridines is 1. The summed E-state index contributed by atoms with van der Waals surface area (Å²) in [7, 11) is 0. The van der Waals surface area contributed by atoms with Gasteiger partial charge in [-0.25, -0.2) is 23.0 Å². The van der Waals surface area contributed by atoms with Gasteiger partial charge in [0.1, 0.15) is 23.6 Å². The van der Waals surface area contributed by atoms with E-state index in [0.717, 1.165) is 6.07 Å². The summed E-state index contributed by atoms with van der Waals surface area (Å²) >= 11 is 0. The second-order valence-electron chi connectivity index (χ2n) is 8.83. The molecule has 2 saturated heterocycles. The molecule has 182 valence electrons. The van der Waals surface area contributed by atoms with E-state index in [1.165, 1.54) is 23.2 Å². The van der Waals surface area contributed by atoms with Crippen molar-refractivity contribution in [2.75, 3.05) is 31.1 Å². The maximum absolute atomic E-state index is 15.2. The molecule has 0 saturated carbocycles. The molecule has 0 radical (unpaired) electrons. The van der Waals surface area contributed by atoms with E-state index in [0.29, 0.717) is 50.7 Å². The molecule has 11 heteroatoms. The van der Waals surface area contributed by atoms with Gasteiger partial charge in [0.15, 0.2) is 12.0 Å².